The van der Waals surface area contributed by atoms with Crippen LogP contribution in [0.3, 0.4) is 0 Å². The number of hydrogen-bond acceptors (Lipinski definition) is 3. The molecular formula is C12H16ClNO3S. The van der Waals surface area contributed by atoms with Crippen molar-refractivity contribution in [1.29, 1.82) is 0 Å². The molecule has 0 radical (unpaired) electrons. The fourth-order valence-corrected chi connectivity index (χ4v) is 2.57. The summed E-state index contributed by atoms with van der Waals surface area (Å²) in [4.78, 5) is 23.0. The molecule has 0 aliphatic rings. The number of hydrogen-bond donors (Lipinski definition) is 2. The molecule has 0 aliphatic heterocycles. The third-order valence-electron chi connectivity index (χ3n) is 2.43. The van der Waals surface area contributed by atoms with Gasteiger partial charge in [0.15, 0.2) is 0 Å². The molecule has 0 aromatic carbocycles. The normalized spacial score (nSPS) is 12.1. The summed E-state index contributed by atoms with van der Waals surface area (Å²) in [5.74, 6) is -0.901. The van der Waals surface area contributed by atoms with Gasteiger partial charge in [0.2, 0.25) is 5.91 Å². The summed E-state index contributed by atoms with van der Waals surface area (Å²) in [5.41, 5.74) is 0. The van der Waals surface area contributed by atoms with Crippen LogP contribution in [0.5, 0.6) is 0 Å². The van der Waals surface area contributed by atoms with Crippen molar-refractivity contribution in [2.75, 3.05) is 0 Å². The maximum atomic E-state index is 11.6. The molecule has 0 fully saturated rings. The summed E-state index contributed by atoms with van der Waals surface area (Å²) >= 11 is 7.26. The van der Waals surface area contributed by atoms with Gasteiger partial charge in [-0.15, -0.1) is 11.3 Å². The highest BCUT2D eigenvalue weighted by Gasteiger charge is 2.09. The first-order valence-corrected chi connectivity index (χ1v) is 6.92. The minimum Gasteiger partial charge on any atom is -0.481 e. The Bertz CT molecular complexity index is 419. The molecule has 1 atom stereocenters. The van der Waals surface area contributed by atoms with Crippen LogP contribution in [0.25, 0.3) is 0 Å². The first-order valence-electron chi connectivity index (χ1n) is 5.72. The van der Waals surface area contributed by atoms with Crippen LogP contribution >= 0.6 is 22.9 Å². The van der Waals surface area contributed by atoms with Crippen molar-refractivity contribution in [2.45, 2.75) is 38.6 Å². The predicted octanol–water partition coefficient (Wildman–Crippen LogP) is 2.70. The average Bonchev–Trinajstić information content (AvgIpc) is 2.70. The van der Waals surface area contributed by atoms with Gasteiger partial charge in [0.25, 0.3) is 0 Å². The molecule has 1 aromatic heterocycles. The number of aryl methyl sites for hydroxylation is 1. The molecule has 18 heavy (non-hydrogen) atoms. The van der Waals surface area contributed by atoms with Crippen LogP contribution in [0.1, 0.15) is 31.1 Å². The number of thiophene rings is 1. The first-order chi connectivity index (χ1) is 8.47. The molecule has 100 valence electrons. The molecule has 6 heteroatoms. The molecule has 0 aliphatic carbocycles. The zero-order valence-corrected chi connectivity index (χ0v) is 11.7. The van der Waals surface area contributed by atoms with Gasteiger partial charge < -0.3 is 10.4 Å². The zero-order chi connectivity index (χ0) is 13.5. The topological polar surface area (TPSA) is 66.4 Å². The lowest BCUT2D eigenvalue weighted by Gasteiger charge is -2.12. The second-order valence-electron chi connectivity index (χ2n) is 4.11. The Balaban J connectivity index is 2.22. The van der Waals surface area contributed by atoms with Gasteiger partial charge >= 0.3 is 5.97 Å². The van der Waals surface area contributed by atoms with Crippen LogP contribution in [-0.4, -0.2) is 23.0 Å². The smallest absolute Gasteiger partial charge is 0.303 e. The van der Waals surface area contributed by atoms with Gasteiger partial charge in [0, 0.05) is 23.8 Å². The van der Waals surface area contributed by atoms with Crippen LogP contribution in [0, 0.1) is 0 Å². The summed E-state index contributed by atoms with van der Waals surface area (Å²) in [6.45, 7) is 1.81. The SMILES string of the molecule is CC(CCC(=O)O)NC(=O)CCc1ccc(Cl)s1. The van der Waals surface area contributed by atoms with Crippen LogP contribution in [0.15, 0.2) is 12.1 Å². The van der Waals surface area contributed by atoms with Crippen LogP contribution in [0.2, 0.25) is 4.34 Å². The first kappa shape index (κ1) is 15.0. The van der Waals surface area contributed by atoms with Crippen molar-refractivity contribution < 1.29 is 14.7 Å². The Morgan fingerprint density at radius 1 is 1.44 bits per heavy atom. The second-order valence-corrected chi connectivity index (χ2v) is 5.91. The van der Waals surface area contributed by atoms with Crippen molar-refractivity contribution in [3.8, 4) is 0 Å². The fourth-order valence-electron chi connectivity index (χ4n) is 1.48. The lowest BCUT2D eigenvalue weighted by molar-refractivity contribution is -0.137. The molecule has 0 saturated heterocycles. The molecule has 1 rings (SSSR count). The number of rotatable bonds is 7. The molecule has 2 N–H and O–H groups in total. The largest absolute Gasteiger partial charge is 0.481 e. The van der Waals surface area contributed by atoms with Crippen molar-refractivity contribution >= 4 is 34.8 Å². The van der Waals surface area contributed by atoms with E-state index in [-0.39, 0.29) is 18.4 Å². The molecule has 1 unspecified atom stereocenters. The van der Waals surface area contributed by atoms with Gasteiger partial charge in [0.05, 0.1) is 4.34 Å². The summed E-state index contributed by atoms with van der Waals surface area (Å²) in [6.07, 6.45) is 1.58. The molecule has 0 bridgehead atoms. The standard InChI is InChI=1S/C12H16ClNO3S/c1-8(2-7-12(16)17)14-11(15)6-4-9-3-5-10(13)18-9/h3,5,8H,2,4,6-7H2,1H3,(H,14,15)(H,16,17). The summed E-state index contributed by atoms with van der Waals surface area (Å²) in [6, 6.07) is 3.61. The third kappa shape index (κ3) is 6.02. The van der Waals surface area contributed by atoms with Crippen LogP contribution in [0.4, 0.5) is 0 Å². The van der Waals surface area contributed by atoms with Crippen molar-refractivity contribution in [2.24, 2.45) is 0 Å². The Morgan fingerprint density at radius 3 is 2.72 bits per heavy atom. The van der Waals surface area contributed by atoms with E-state index < -0.39 is 5.97 Å². The number of carboxylic acids is 1. The maximum Gasteiger partial charge on any atom is 0.303 e. The summed E-state index contributed by atoms with van der Waals surface area (Å²) in [5, 5.41) is 11.3. The van der Waals surface area contributed by atoms with Crippen molar-refractivity contribution in [1.82, 2.24) is 5.32 Å². The fraction of sp³-hybridized carbons (Fsp3) is 0.500. The molecule has 1 heterocycles. The van der Waals surface area contributed by atoms with E-state index in [4.69, 9.17) is 16.7 Å². The van der Waals surface area contributed by atoms with Gasteiger partial charge in [-0.05, 0) is 31.9 Å². The predicted molar refractivity (Wildman–Crippen MR) is 72.1 cm³/mol. The highest BCUT2D eigenvalue weighted by Crippen LogP contribution is 2.22. The second kappa shape index (κ2) is 7.38. The number of nitrogens with one attached hydrogen (secondary N) is 1. The Kier molecular flexibility index (Phi) is 6.15. The summed E-state index contributed by atoms with van der Waals surface area (Å²) < 4.78 is 0.722. The van der Waals surface area contributed by atoms with E-state index in [2.05, 4.69) is 5.32 Å². The molecule has 0 saturated carbocycles. The minimum absolute atomic E-state index is 0.0580. The van der Waals surface area contributed by atoms with Crippen molar-refractivity contribution in [3.63, 3.8) is 0 Å². The highest BCUT2D eigenvalue weighted by atomic mass is 35.5. The van der Waals surface area contributed by atoms with E-state index in [1.165, 1.54) is 11.3 Å². The van der Waals surface area contributed by atoms with E-state index in [1.807, 2.05) is 19.1 Å². The Hall–Kier alpha value is -1.07. The van der Waals surface area contributed by atoms with Crippen molar-refractivity contribution in [3.05, 3.63) is 21.3 Å². The van der Waals surface area contributed by atoms with Gasteiger partial charge in [-0.1, -0.05) is 11.6 Å². The van der Waals surface area contributed by atoms with Gasteiger partial charge in [-0.25, -0.2) is 0 Å². The number of carbonyl (C=O) groups excluding carboxylic acids is 1. The van der Waals surface area contributed by atoms with Crippen LogP contribution in [-0.2, 0) is 16.0 Å². The highest BCUT2D eigenvalue weighted by molar-refractivity contribution is 7.16. The van der Waals surface area contributed by atoms with E-state index in [0.717, 1.165) is 9.21 Å². The van der Waals surface area contributed by atoms with Crippen LogP contribution < -0.4 is 5.32 Å². The van der Waals surface area contributed by atoms with E-state index in [9.17, 15) is 9.59 Å². The lowest BCUT2D eigenvalue weighted by atomic mass is 10.1. The molecule has 1 amide bonds. The minimum atomic E-state index is -0.843. The molecule has 0 spiro atoms. The van der Waals surface area contributed by atoms with Gasteiger partial charge in [-0.2, -0.15) is 0 Å². The van der Waals surface area contributed by atoms with Gasteiger partial charge in [0.1, 0.15) is 0 Å². The summed E-state index contributed by atoms with van der Waals surface area (Å²) in [7, 11) is 0. The van der Waals surface area contributed by atoms with Gasteiger partial charge in [-0.3, -0.25) is 9.59 Å². The number of carboxylic acid groups (broad SMARTS) is 1. The maximum absolute atomic E-state index is 11.6. The number of amides is 1. The van der Waals surface area contributed by atoms with E-state index in [0.29, 0.717) is 19.3 Å². The lowest BCUT2D eigenvalue weighted by Crippen LogP contribution is -2.33. The number of carbonyl (C=O) groups is 2. The number of halogens is 1. The zero-order valence-electron chi connectivity index (χ0n) is 10.1. The van der Waals surface area contributed by atoms with E-state index >= 15 is 0 Å². The number of aliphatic carboxylic acids is 1. The average molecular weight is 290 g/mol. The molecule has 4 nitrogen and oxygen atoms in total. The third-order valence-corrected chi connectivity index (χ3v) is 3.72. The Labute approximate surface area is 115 Å². The van der Waals surface area contributed by atoms with E-state index in [1.54, 1.807) is 0 Å². The monoisotopic (exact) mass is 289 g/mol. The molecular weight excluding hydrogens is 274 g/mol. The Morgan fingerprint density at radius 2 is 2.17 bits per heavy atom. The molecule has 1 aromatic rings. The quantitative estimate of drug-likeness (QED) is 0.811.